The van der Waals surface area contributed by atoms with Crippen LogP contribution in [0.15, 0.2) is 46.9 Å². The van der Waals surface area contributed by atoms with Crippen molar-refractivity contribution in [3.8, 4) is 0 Å². The highest BCUT2D eigenvalue weighted by atomic mass is 35.5. The fraction of sp³-hybridized carbons (Fsp3) is 0.111. The van der Waals surface area contributed by atoms with Gasteiger partial charge in [-0.05, 0) is 61.4 Å². The van der Waals surface area contributed by atoms with Crippen molar-refractivity contribution in [3.05, 3.63) is 69.7 Å². The minimum Gasteiger partial charge on any atom is -0.438 e. The molecule has 116 valence electrons. The number of halogens is 1. The summed E-state index contributed by atoms with van der Waals surface area (Å²) in [6, 6.07) is 12.5. The van der Waals surface area contributed by atoms with E-state index in [9.17, 15) is 4.79 Å². The molecular weight excluding hydrogens is 312 g/mol. The number of fused-ring (bicyclic) bond motifs is 1. The first kappa shape index (κ1) is 15.3. The molecule has 0 fully saturated rings. The molecule has 5 heteroatoms. The molecule has 0 bridgehead atoms. The summed E-state index contributed by atoms with van der Waals surface area (Å²) in [4.78, 5) is 12.5. The summed E-state index contributed by atoms with van der Waals surface area (Å²) in [5, 5.41) is 12.0. The molecule has 1 heterocycles. The molecular formula is C18H15ClN2O2. The van der Waals surface area contributed by atoms with Crippen LogP contribution >= 0.6 is 11.6 Å². The Morgan fingerprint density at radius 3 is 2.48 bits per heavy atom. The van der Waals surface area contributed by atoms with Crippen molar-refractivity contribution in [3.63, 3.8) is 0 Å². The lowest BCUT2D eigenvalue weighted by Gasteiger charge is -2.08. The number of hydrogen-bond acceptors (Lipinski definition) is 3. The number of nitrogens with one attached hydrogen (secondary N) is 2. The summed E-state index contributed by atoms with van der Waals surface area (Å²) >= 11 is 5.97. The molecule has 0 saturated heterocycles. The maximum Gasteiger partial charge on any atom is 0.261 e. The summed E-state index contributed by atoms with van der Waals surface area (Å²) < 4.78 is 5.40. The van der Waals surface area contributed by atoms with Gasteiger partial charge in [-0.15, -0.1) is 0 Å². The Labute approximate surface area is 138 Å². The molecule has 0 unspecified atom stereocenters. The van der Waals surface area contributed by atoms with Crippen LogP contribution in [0.1, 0.15) is 21.5 Å². The molecule has 4 nitrogen and oxygen atoms in total. The molecule has 0 radical (unpaired) electrons. The average molecular weight is 327 g/mol. The predicted octanol–water partition coefficient (Wildman–Crippen LogP) is 4.43. The molecule has 0 spiro atoms. The van der Waals surface area contributed by atoms with E-state index >= 15 is 0 Å². The fourth-order valence-corrected chi connectivity index (χ4v) is 2.71. The smallest absolute Gasteiger partial charge is 0.261 e. The maximum absolute atomic E-state index is 12.5. The molecule has 0 aliphatic rings. The van der Waals surface area contributed by atoms with Crippen LogP contribution in [0.2, 0.25) is 5.02 Å². The molecule has 2 aromatic carbocycles. The largest absolute Gasteiger partial charge is 0.438 e. The molecule has 3 aromatic rings. The number of carbonyl (C=O) groups excluding carboxylic acids is 1. The molecule has 0 aliphatic heterocycles. The second-order valence-electron chi connectivity index (χ2n) is 5.50. The van der Waals surface area contributed by atoms with Crippen molar-refractivity contribution in [2.24, 2.45) is 0 Å². The Hall–Kier alpha value is -2.59. The molecule has 2 N–H and O–H groups in total. The molecule has 1 amide bonds. The molecule has 1 aromatic heterocycles. The summed E-state index contributed by atoms with van der Waals surface area (Å²) in [6.07, 6.45) is 0. The zero-order valence-corrected chi connectivity index (χ0v) is 13.5. The minimum absolute atomic E-state index is 0.166. The lowest BCUT2D eigenvalue weighted by atomic mass is 10.1. The van der Waals surface area contributed by atoms with Crippen molar-refractivity contribution in [2.45, 2.75) is 13.8 Å². The van der Waals surface area contributed by atoms with Crippen LogP contribution in [0.3, 0.4) is 0 Å². The molecule has 3 rings (SSSR count). The van der Waals surface area contributed by atoms with E-state index < -0.39 is 0 Å². The van der Waals surface area contributed by atoms with Crippen molar-refractivity contribution >= 4 is 34.2 Å². The number of hydrogen-bond donors (Lipinski definition) is 2. The van der Waals surface area contributed by atoms with Gasteiger partial charge in [-0.3, -0.25) is 10.2 Å². The first-order valence-corrected chi connectivity index (χ1v) is 7.48. The predicted molar refractivity (Wildman–Crippen MR) is 90.9 cm³/mol. The number of benzene rings is 2. The van der Waals surface area contributed by atoms with Crippen LogP contribution in [-0.2, 0) is 0 Å². The zero-order chi connectivity index (χ0) is 16.6. The molecule has 0 atom stereocenters. The van der Waals surface area contributed by atoms with Crippen LogP contribution in [0.25, 0.3) is 11.0 Å². The van der Waals surface area contributed by atoms with Crippen LogP contribution in [0.5, 0.6) is 0 Å². The number of amides is 1. The van der Waals surface area contributed by atoms with E-state index in [0.29, 0.717) is 21.7 Å². The quantitative estimate of drug-likeness (QED) is 0.731. The third-order valence-corrected chi connectivity index (χ3v) is 3.69. The van der Waals surface area contributed by atoms with Gasteiger partial charge < -0.3 is 9.73 Å². The zero-order valence-electron chi connectivity index (χ0n) is 12.7. The Kier molecular flexibility index (Phi) is 3.92. The van der Waals surface area contributed by atoms with E-state index in [-0.39, 0.29) is 17.0 Å². The first-order valence-electron chi connectivity index (χ1n) is 7.10. The van der Waals surface area contributed by atoms with Gasteiger partial charge in [-0.2, -0.15) is 0 Å². The normalized spacial score (nSPS) is 10.7. The number of aryl methyl sites for hydroxylation is 2. The van der Waals surface area contributed by atoms with Crippen molar-refractivity contribution in [1.82, 2.24) is 0 Å². The molecule has 0 saturated carbocycles. The van der Waals surface area contributed by atoms with Crippen molar-refractivity contribution in [1.29, 1.82) is 5.41 Å². The second-order valence-corrected chi connectivity index (χ2v) is 5.94. The summed E-state index contributed by atoms with van der Waals surface area (Å²) in [5.74, 6) is -0.384. The van der Waals surface area contributed by atoms with E-state index in [0.717, 1.165) is 11.1 Å². The van der Waals surface area contributed by atoms with Gasteiger partial charge in [0.05, 0.1) is 0 Å². The number of anilines is 1. The van der Waals surface area contributed by atoms with E-state index in [4.69, 9.17) is 21.4 Å². The summed E-state index contributed by atoms with van der Waals surface area (Å²) in [6.45, 7) is 3.93. The highest BCUT2D eigenvalue weighted by Gasteiger charge is 2.12. The van der Waals surface area contributed by atoms with E-state index in [1.54, 1.807) is 24.3 Å². The van der Waals surface area contributed by atoms with Gasteiger partial charge in [0.1, 0.15) is 11.1 Å². The van der Waals surface area contributed by atoms with Gasteiger partial charge in [0, 0.05) is 16.1 Å². The van der Waals surface area contributed by atoms with Gasteiger partial charge >= 0.3 is 0 Å². The monoisotopic (exact) mass is 326 g/mol. The standard InChI is InChI=1S/C18H15ClN2O2/c1-10-5-11(2)7-14(6-10)21-18(22)15-9-12-8-13(19)3-4-16(12)23-17(15)20/h3-9,20H,1-2H3,(H,21,22). The van der Waals surface area contributed by atoms with Crippen LogP contribution < -0.4 is 10.9 Å². The molecule has 23 heavy (non-hydrogen) atoms. The fourth-order valence-electron chi connectivity index (χ4n) is 2.52. The molecule has 0 aliphatic carbocycles. The average Bonchev–Trinajstić information content (AvgIpc) is 2.45. The van der Waals surface area contributed by atoms with Gasteiger partial charge in [0.2, 0.25) is 5.55 Å². The van der Waals surface area contributed by atoms with E-state index in [1.165, 1.54) is 0 Å². The SMILES string of the molecule is Cc1cc(C)cc(NC(=O)c2cc3cc(Cl)ccc3oc2=N)c1. The van der Waals surface area contributed by atoms with Crippen LogP contribution in [0, 0.1) is 19.3 Å². The topological polar surface area (TPSA) is 66.1 Å². The Morgan fingerprint density at radius 2 is 1.78 bits per heavy atom. The Morgan fingerprint density at radius 1 is 1.09 bits per heavy atom. The van der Waals surface area contributed by atoms with E-state index in [1.807, 2.05) is 32.0 Å². The minimum atomic E-state index is -0.384. The number of carbonyl (C=O) groups is 1. The van der Waals surface area contributed by atoms with Crippen LogP contribution in [0.4, 0.5) is 5.69 Å². The lowest BCUT2D eigenvalue weighted by Crippen LogP contribution is -2.20. The van der Waals surface area contributed by atoms with Gasteiger partial charge in [-0.1, -0.05) is 17.7 Å². The summed E-state index contributed by atoms with van der Waals surface area (Å²) in [5.41, 5.74) is 3.31. The van der Waals surface area contributed by atoms with E-state index in [2.05, 4.69) is 5.32 Å². The van der Waals surface area contributed by atoms with Crippen molar-refractivity contribution < 1.29 is 9.21 Å². The first-order chi connectivity index (χ1) is 10.9. The van der Waals surface area contributed by atoms with Crippen molar-refractivity contribution in [2.75, 3.05) is 5.32 Å². The highest BCUT2D eigenvalue weighted by molar-refractivity contribution is 6.31. The summed E-state index contributed by atoms with van der Waals surface area (Å²) in [7, 11) is 0. The lowest BCUT2D eigenvalue weighted by molar-refractivity contribution is 0.102. The Bertz CT molecular complexity index is 956. The van der Waals surface area contributed by atoms with Gasteiger partial charge in [-0.25, -0.2) is 0 Å². The third kappa shape index (κ3) is 3.27. The second kappa shape index (κ2) is 5.89. The van der Waals surface area contributed by atoms with Gasteiger partial charge in [0.15, 0.2) is 0 Å². The van der Waals surface area contributed by atoms with Crippen LogP contribution in [-0.4, -0.2) is 5.91 Å². The Balaban J connectivity index is 2.00. The maximum atomic E-state index is 12.5. The highest BCUT2D eigenvalue weighted by Crippen LogP contribution is 2.20. The number of rotatable bonds is 2. The third-order valence-electron chi connectivity index (χ3n) is 3.45. The van der Waals surface area contributed by atoms with Gasteiger partial charge in [0.25, 0.3) is 5.91 Å².